The van der Waals surface area contributed by atoms with Crippen LogP contribution in [0.1, 0.15) is 27.9 Å². The highest BCUT2D eigenvalue weighted by Crippen LogP contribution is 2.30. The second-order valence-electron chi connectivity index (χ2n) is 6.66. The van der Waals surface area contributed by atoms with Gasteiger partial charge in [-0.05, 0) is 18.1 Å². The predicted octanol–water partition coefficient (Wildman–Crippen LogP) is 2.23. The van der Waals surface area contributed by atoms with E-state index in [-0.39, 0.29) is 36.4 Å². The molecule has 0 fully saturated rings. The smallest absolute Gasteiger partial charge is 0.259 e. The molecule has 0 spiro atoms. The number of amides is 2. The summed E-state index contributed by atoms with van der Waals surface area (Å²) in [6.07, 6.45) is 0.316. The number of nitrogens with zero attached hydrogens (tertiary/aromatic N) is 1. The Hall–Kier alpha value is -2.93. The van der Waals surface area contributed by atoms with Crippen molar-refractivity contribution in [3.05, 3.63) is 77.9 Å². The number of rotatable bonds is 8. The molecular formula is C21H22N2O4S. The quantitative estimate of drug-likeness (QED) is 0.691. The largest absolute Gasteiger partial charge is 0.355 e. The van der Waals surface area contributed by atoms with Crippen molar-refractivity contribution in [2.75, 3.05) is 18.8 Å². The minimum Gasteiger partial charge on any atom is -0.355 e. The standard InChI is InChI=1S/C21H22N2O4S/c1-16-18-10-5-6-11-19(18)21(25)23(16)14-20(24)22-12-7-13-28(26,27)15-17-8-3-2-4-9-17/h2-6,8-11H,1,7,12-15H2,(H,22,24). The summed E-state index contributed by atoms with van der Waals surface area (Å²) in [5, 5.41) is 2.68. The molecule has 0 radical (unpaired) electrons. The number of carbonyl (C=O) groups is 2. The van der Waals surface area contributed by atoms with Crippen molar-refractivity contribution in [1.82, 2.24) is 10.2 Å². The Balaban J connectivity index is 1.44. The summed E-state index contributed by atoms with van der Waals surface area (Å²) in [4.78, 5) is 25.9. The lowest BCUT2D eigenvalue weighted by Gasteiger charge is -2.17. The Morgan fingerprint density at radius 2 is 1.64 bits per heavy atom. The van der Waals surface area contributed by atoms with Gasteiger partial charge >= 0.3 is 0 Å². The van der Waals surface area contributed by atoms with Gasteiger partial charge in [-0.25, -0.2) is 8.42 Å². The lowest BCUT2D eigenvalue weighted by Crippen LogP contribution is -2.37. The molecule has 2 amide bonds. The second-order valence-corrected chi connectivity index (χ2v) is 8.85. The third-order valence-corrected chi connectivity index (χ3v) is 6.21. The van der Waals surface area contributed by atoms with Gasteiger partial charge in [-0.1, -0.05) is 55.1 Å². The van der Waals surface area contributed by atoms with Crippen LogP contribution in [0.2, 0.25) is 0 Å². The van der Waals surface area contributed by atoms with E-state index in [1.165, 1.54) is 4.90 Å². The molecule has 1 aliphatic heterocycles. The fraction of sp³-hybridized carbons (Fsp3) is 0.238. The SMILES string of the molecule is C=C1c2ccccc2C(=O)N1CC(=O)NCCCS(=O)(=O)Cc1ccccc1. The molecule has 0 saturated carbocycles. The summed E-state index contributed by atoms with van der Waals surface area (Å²) in [5.41, 5.74) is 2.51. The van der Waals surface area contributed by atoms with Gasteiger partial charge in [-0.3, -0.25) is 14.5 Å². The van der Waals surface area contributed by atoms with Crippen LogP contribution >= 0.6 is 0 Å². The molecular weight excluding hydrogens is 376 g/mol. The number of hydrogen-bond acceptors (Lipinski definition) is 4. The van der Waals surface area contributed by atoms with Gasteiger partial charge in [0.1, 0.15) is 6.54 Å². The Morgan fingerprint density at radius 1 is 1.00 bits per heavy atom. The lowest BCUT2D eigenvalue weighted by atomic mass is 10.1. The van der Waals surface area contributed by atoms with Gasteiger partial charge in [0.15, 0.2) is 9.84 Å². The van der Waals surface area contributed by atoms with Crippen LogP contribution in [-0.4, -0.2) is 44.0 Å². The van der Waals surface area contributed by atoms with Gasteiger partial charge in [0.2, 0.25) is 5.91 Å². The molecule has 7 heteroatoms. The maximum Gasteiger partial charge on any atom is 0.259 e. The molecule has 2 aromatic rings. The zero-order valence-corrected chi connectivity index (χ0v) is 16.2. The van der Waals surface area contributed by atoms with Crippen LogP contribution < -0.4 is 5.32 Å². The number of benzene rings is 2. The molecule has 146 valence electrons. The molecule has 0 unspecified atom stereocenters. The molecule has 1 N–H and O–H groups in total. The maximum absolute atomic E-state index is 12.4. The second kappa shape index (κ2) is 8.39. The first-order valence-corrected chi connectivity index (χ1v) is 10.8. The Kier molecular flexibility index (Phi) is 5.94. The van der Waals surface area contributed by atoms with Crippen molar-refractivity contribution in [3.63, 3.8) is 0 Å². The van der Waals surface area contributed by atoms with Crippen molar-refractivity contribution < 1.29 is 18.0 Å². The van der Waals surface area contributed by atoms with Gasteiger partial charge in [-0.2, -0.15) is 0 Å². The highest BCUT2D eigenvalue weighted by atomic mass is 32.2. The molecule has 3 rings (SSSR count). The van der Waals surface area contributed by atoms with Gasteiger partial charge < -0.3 is 5.32 Å². The zero-order chi connectivity index (χ0) is 20.1. The molecule has 1 aliphatic rings. The third-order valence-electron chi connectivity index (χ3n) is 4.52. The van der Waals surface area contributed by atoms with Gasteiger partial charge in [0.25, 0.3) is 5.91 Å². The summed E-state index contributed by atoms with van der Waals surface area (Å²) in [5.74, 6) is -0.616. The normalized spacial score (nSPS) is 13.5. The van der Waals surface area contributed by atoms with Crippen molar-refractivity contribution in [1.29, 1.82) is 0 Å². The molecule has 6 nitrogen and oxygen atoms in total. The predicted molar refractivity (Wildman–Crippen MR) is 108 cm³/mol. The Labute approximate surface area is 164 Å². The summed E-state index contributed by atoms with van der Waals surface area (Å²) in [6, 6.07) is 16.1. The van der Waals surface area contributed by atoms with E-state index in [4.69, 9.17) is 0 Å². The summed E-state index contributed by atoms with van der Waals surface area (Å²) < 4.78 is 24.3. The fourth-order valence-electron chi connectivity index (χ4n) is 3.12. The number of sulfone groups is 1. The van der Waals surface area contributed by atoms with Crippen molar-refractivity contribution in [2.24, 2.45) is 0 Å². The highest BCUT2D eigenvalue weighted by Gasteiger charge is 2.31. The minimum absolute atomic E-state index is 0.0109. The van der Waals surface area contributed by atoms with Gasteiger partial charge in [0, 0.05) is 23.4 Å². The van der Waals surface area contributed by atoms with E-state index in [2.05, 4.69) is 11.9 Å². The van der Waals surface area contributed by atoms with Crippen molar-refractivity contribution in [2.45, 2.75) is 12.2 Å². The Morgan fingerprint density at radius 3 is 2.32 bits per heavy atom. The van der Waals surface area contributed by atoms with E-state index in [1.807, 2.05) is 12.1 Å². The zero-order valence-electron chi connectivity index (χ0n) is 15.4. The van der Waals surface area contributed by atoms with Crippen LogP contribution in [0.15, 0.2) is 61.2 Å². The lowest BCUT2D eigenvalue weighted by molar-refractivity contribution is -0.121. The third kappa shape index (κ3) is 4.67. The first-order valence-electron chi connectivity index (χ1n) is 8.98. The summed E-state index contributed by atoms with van der Waals surface area (Å²) >= 11 is 0. The molecule has 28 heavy (non-hydrogen) atoms. The first-order chi connectivity index (χ1) is 13.4. The van der Waals surface area contributed by atoms with Crippen LogP contribution in [0.3, 0.4) is 0 Å². The number of carbonyl (C=O) groups excluding carboxylic acids is 2. The molecule has 0 bridgehead atoms. The van der Waals surface area contributed by atoms with Crippen molar-refractivity contribution >= 4 is 27.3 Å². The topological polar surface area (TPSA) is 83.6 Å². The molecule has 1 heterocycles. The van der Waals surface area contributed by atoms with Crippen LogP contribution in [-0.2, 0) is 20.4 Å². The average molecular weight is 398 g/mol. The molecule has 0 aliphatic carbocycles. The number of hydrogen-bond donors (Lipinski definition) is 1. The molecule has 2 aromatic carbocycles. The summed E-state index contributed by atoms with van der Waals surface area (Å²) in [7, 11) is -3.24. The van der Waals surface area contributed by atoms with Crippen LogP contribution in [0.25, 0.3) is 5.70 Å². The Bertz CT molecular complexity index is 965. The van der Waals surface area contributed by atoms with Crippen LogP contribution in [0.4, 0.5) is 0 Å². The van der Waals surface area contributed by atoms with E-state index < -0.39 is 9.84 Å². The van der Waals surface area contributed by atoms with Crippen molar-refractivity contribution in [3.8, 4) is 0 Å². The minimum atomic E-state index is -3.24. The average Bonchev–Trinajstić information content (AvgIpc) is 2.91. The van der Waals surface area contributed by atoms with E-state index in [0.717, 1.165) is 11.1 Å². The van der Waals surface area contributed by atoms with E-state index >= 15 is 0 Å². The highest BCUT2D eigenvalue weighted by molar-refractivity contribution is 7.90. The number of fused-ring (bicyclic) bond motifs is 1. The van der Waals surface area contributed by atoms with E-state index in [1.54, 1.807) is 42.5 Å². The first kappa shape index (κ1) is 19.8. The van der Waals surface area contributed by atoms with E-state index in [0.29, 0.717) is 17.7 Å². The van der Waals surface area contributed by atoms with Gasteiger partial charge in [-0.15, -0.1) is 0 Å². The van der Waals surface area contributed by atoms with Gasteiger partial charge in [0.05, 0.1) is 11.5 Å². The van der Waals surface area contributed by atoms with Crippen LogP contribution in [0.5, 0.6) is 0 Å². The molecule has 0 aromatic heterocycles. The monoisotopic (exact) mass is 398 g/mol. The molecule has 0 saturated heterocycles. The van der Waals surface area contributed by atoms with Crippen LogP contribution in [0, 0.1) is 0 Å². The summed E-state index contributed by atoms with van der Waals surface area (Å²) in [6.45, 7) is 3.99. The number of nitrogens with one attached hydrogen (secondary N) is 1. The maximum atomic E-state index is 12.4. The molecule has 0 atom stereocenters. The van der Waals surface area contributed by atoms with E-state index in [9.17, 15) is 18.0 Å². The fourth-order valence-corrected chi connectivity index (χ4v) is 4.55.